The fourth-order valence-corrected chi connectivity index (χ4v) is 4.77. The Hall–Kier alpha value is -0.620. The Morgan fingerprint density at radius 3 is 2.86 bits per heavy atom. The molecule has 1 aromatic carbocycles. The molecule has 1 unspecified atom stereocenters. The number of piperidine rings is 1. The first-order chi connectivity index (χ1) is 9.98. The van der Waals surface area contributed by atoms with Crippen LogP contribution in [0.2, 0.25) is 5.02 Å². The van der Waals surface area contributed by atoms with Crippen molar-refractivity contribution >= 4 is 21.6 Å². The van der Waals surface area contributed by atoms with Crippen molar-refractivity contribution in [3.05, 3.63) is 28.8 Å². The average Bonchev–Trinajstić information content (AvgIpc) is 2.49. The van der Waals surface area contributed by atoms with Crippen LogP contribution in [0.3, 0.4) is 0 Å². The number of hydrogen-bond donors (Lipinski definition) is 1. The Bertz CT molecular complexity index is 589. The Kier molecular flexibility index (Phi) is 5.66. The molecule has 0 radical (unpaired) electrons. The number of nitrogens with one attached hydrogen (secondary N) is 1. The van der Waals surface area contributed by atoms with E-state index in [2.05, 4.69) is 12.2 Å². The van der Waals surface area contributed by atoms with Crippen LogP contribution in [-0.2, 0) is 16.4 Å². The lowest BCUT2D eigenvalue weighted by atomic mass is 10.1. The molecule has 1 heterocycles. The topological polar surface area (TPSA) is 49.4 Å². The van der Waals surface area contributed by atoms with E-state index in [9.17, 15) is 8.42 Å². The maximum Gasteiger partial charge on any atom is 0.244 e. The quantitative estimate of drug-likeness (QED) is 0.903. The van der Waals surface area contributed by atoms with Crippen LogP contribution in [0.1, 0.15) is 31.7 Å². The summed E-state index contributed by atoms with van der Waals surface area (Å²) in [6.07, 6.45) is 3.72. The summed E-state index contributed by atoms with van der Waals surface area (Å²) >= 11 is 6.15. The largest absolute Gasteiger partial charge is 0.316 e. The Morgan fingerprint density at radius 1 is 1.43 bits per heavy atom. The molecule has 0 amide bonds. The second kappa shape index (κ2) is 7.09. The number of sulfonamides is 1. The van der Waals surface area contributed by atoms with Crippen LogP contribution < -0.4 is 5.32 Å². The van der Waals surface area contributed by atoms with Crippen LogP contribution in [-0.4, -0.2) is 38.9 Å². The van der Waals surface area contributed by atoms with E-state index in [1.807, 2.05) is 13.1 Å². The van der Waals surface area contributed by atoms with Gasteiger partial charge in [-0.25, -0.2) is 8.42 Å². The SMILES string of the molecule is CCCc1ccc(Cl)c(S(=O)(=O)N2CCCC(NC)C2)c1. The van der Waals surface area contributed by atoms with E-state index in [4.69, 9.17) is 11.6 Å². The minimum absolute atomic E-state index is 0.214. The zero-order valence-electron chi connectivity index (χ0n) is 12.6. The minimum atomic E-state index is -3.52. The van der Waals surface area contributed by atoms with E-state index in [0.717, 1.165) is 31.2 Å². The molecule has 118 valence electrons. The first-order valence-corrected chi connectivity index (χ1v) is 9.26. The van der Waals surface area contributed by atoms with Gasteiger partial charge in [0, 0.05) is 19.1 Å². The van der Waals surface area contributed by atoms with Gasteiger partial charge < -0.3 is 5.32 Å². The zero-order valence-corrected chi connectivity index (χ0v) is 14.2. The van der Waals surface area contributed by atoms with Crippen LogP contribution in [0.4, 0.5) is 0 Å². The Morgan fingerprint density at radius 2 is 2.19 bits per heavy atom. The van der Waals surface area contributed by atoms with Gasteiger partial charge in [-0.3, -0.25) is 0 Å². The summed E-state index contributed by atoms with van der Waals surface area (Å²) in [7, 11) is -1.64. The van der Waals surface area contributed by atoms with Gasteiger partial charge in [-0.15, -0.1) is 0 Å². The predicted octanol–water partition coefficient (Wildman–Crippen LogP) is 2.67. The fraction of sp³-hybridized carbons (Fsp3) is 0.600. The maximum atomic E-state index is 12.8. The highest BCUT2D eigenvalue weighted by Crippen LogP contribution is 2.28. The van der Waals surface area contributed by atoms with Crippen molar-refractivity contribution in [3.8, 4) is 0 Å². The van der Waals surface area contributed by atoms with Gasteiger partial charge in [0.25, 0.3) is 0 Å². The van der Waals surface area contributed by atoms with Gasteiger partial charge in [0.15, 0.2) is 0 Å². The van der Waals surface area contributed by atoms with Crippen LogP contribution in [0.25, 0.3) is 0 Å². The molecule has 1 fully saturated rings. The molecule has 0 bridgehead atoms. The molecule has 4 nitrogen and oxygen atoms in total. The number of halogens is 1. The van der Waals surface area contributed by atoms with E-state index < -0.39 is 10.0 Å². The summed E-state index contributed by atoms with van der Waals surface area (Å²) < 4.78 is 27.2. The van der Waals surface area contributed by atoms with Gasteiger partial charge in [0.2, 0.25) is 10.0 Å². The van der Waals surface area contributed by atoms with Crippen molar-refractivity contribution in [3.63, 3.8) is 0 Å². The van der Waals surface area contributed by atoms with Gasteiger partial charge in [-0.1, -0.05) is 31.0 Å². The highest BCUT2D eigenvalue weighted by molar-refractivity contribution is 7.89. The zero-order chi connectivity index (χ0) is 15.5. The first-order valence-electron chi connectivity index (χ1n) is 7.45. The molecule has 1 aliphatic rings. The van der Waals surface area contributed by atoms with Crippen molar-refractivity contribution in [2.75, 3.05) is 20.1 Å². The van der Waals surface area contributed by atoms with E-state index in [0.29, 0.717) is 18.1 Å². The lowest BCUT2D eigenvalue weighted by molar-refractivity contribution is 0.293. The second-order valence-electron chi connectivity index (χ2n) is 5.51. The molecule has 0 saturated carbocycles. The first kappa shape index (κ1) is 16.7. The van der Waals surface area contributed by atoms with Crippen molar-refractivity contribution in [2.45, 2.75) is 43.5 Å². The molecule has 1 saturated heterocycles. The molecule has 2 rings (SSSR count). The predicted molar refractivity (Wildman–Crippen MR) is 86.3 cm³/mol. The molecule has 1 aromatic rings. The van der Waals surface area contributed by atoms with Gasteiger partial charge in [0.05, 0.1) is 5.02 Å². The summed E-state index contributed by atoms with van der Waals surface area (Å²) in [6.45, 7) is 3.15. The molecular weight excluding hydrogens is 308 g/mol. The molecule has 1 atom stereocenters. The number of hydrogen-bond acceptors (Lipinski definition) is 3. The normalized spacial score (nSPS) is 20.6. The maximum absolute atomic E-state index is 12.8. The molecule has 0 aromatic heterocycles. The van der Waals surface area contributed by atoms with Crippen molar-refractivity contribution < 1.29 is 8.42 Å². The molecule has 21 heavy (non-hydrogen) atoms. The van der Waals surface area contributed by atoms with Gasteiger partial charge in [-0.2, -0.15) is 4.31 Å². The summed E-state index contributed by atoms with van der Waals surface area (Å²) in [5.41, 5.74) is 1.02. The van der Waals surface area contributed by atoms with E-state index in [1.54, 1.807) is 16.4 Å². The van der Waals surface area contributed by atoms with Crippen LogP contribution in [0.15, 0.2) is 23.1 Å². The van der Waals surface area contributed by atoms with Crippen molar-refractivity contribution in [2.24, 2.45) is 0 Å². The highest BCUT2D eigenvalue weighted by Gasteiger charge is 2.31. The van der Waals surface area contributed by atoms with Crippen LogP contribution in [0, 0.1) is 0 Å². The van der Waals surface area contributed by atoms with Crippen molar-refractivity contribution in [1.82, 2.24) is 9.62 Å². The third-order valence-corrected chi connectivity index (χ3v) is 6.29. The molecule has 0 aliphatic carbocycles. The number of benzene rings is 1. The Balaban J connectivity index is 2.32. The van der Waals surface area contributed by atoms with E-state index >= 15 is 0 Å². The number of rotatable bonds is 5. The van der Waals surface area contributed by atoms with E-state index in [-0.39, 0.29) is 10.9 Å². The molecule has 1 aliphatic heterocycles. The Labute approximate surface area is 132 Å². The standard InChI is InChI=1S/C15H23ClN2O2S/c1-3-5-12-7-8-14(16)15(10-12)21(19,20)18-9-4-6-13(11-18)17-2/h7-8,10,13,17H,3-6,9,11H2,1-2H3. The van der Waals surface area contributed by atoms with Gasteiger partial charge in [-0.05, 0) is 44.0 Å². The number of nitrogens with zero attached hydrogens (tertiary/aromatic N) is 1. The molecule has 6 heteroatoms. The van der Waals surface area contributed by atoms with E-state index in [1.165, 1.54) is 0 Å². The second-order valence-corrected chi connectivity index (χ2v) is 7.82. The number of likely N-dealkylation sites (N-methyl/N-ethyl adjacent to an activating group) is 1. The fourth-order valence-electron chi connectivity index (χ4n) is 2.73. The van der Waals surface area contributed by atoms with Gasteiger partial charge in [0.1, 0.15) is 4.90 Å². The van der Waals surface area contributed by atoms with Crippen molar-refractivity contribution in [1.29, 1.82) is 0 Å². The smallest absolute Gasteiger partial charge is 0.244 e. The molecular formula is C15H23ClN2O2S. The van der Waals surface area contributed by atoms with Crippen LogP contribution >= 0.6 is 11.6 Å². The lowest BCUT2D eigenvalue weighted by Crippen LogP contribution is -2.46. The minimum Gasteiger partial charge on any atom is -0.316 e. The summed E-state index contributed by atoms with van der Waals surface area (Å²) in [4.78, 5) is 0.242. The monoisotopic (exact) mass is 330 g/mol. The highest BCUT2D eigenvalue weighted by atomic mass is 35.5. The third kappa shape index (κ3) is 3.77. The summed E-state index contributed by atoms with van der Waals surface area (Å²) in [5, 5.41) is 3.47. The summed E-state index contributed by atoms with van der Waals surface area (Å²) in [5.74, 6) is 0. The molecule has 0 spiro atoms. The third-order valence-electron chi connectivity index (χ3n) is 3.94. The molecule has 1 N–H and O–H groups in total. The number of aryl methyl sites for hydroxylation is 1. The van der Waals surface area contributed by atoms with Crippen LogP contribution in [0.5, 0.6) is 0 Å². The van der Waals surface area contributed by atoms with Gasteiger partial charge >= 0.3 is 0 Å². The summed E-state index contributed by atoms with van der Waals surface area (Å²) in [6, 6.07) is 5.53. The lowest BCUT2D eigenvalue weighted by Gasteiger charge is -2.32. The average molecular weight is 331 g/mol.